The maximum atomic E-state index is 12.8. The van der Waals surface area contributed by atoms with Gasteiger partial charge in [0.05, 0.1) is 10.5 Å². The topological polar surface area (TPSA) is 39.3 Å². The van der Waals surface area contributed by atoms with Crippen LogP contribution in [0.1, 0.15) is 18.2 Å². The summed E-state index contributed by atoms with van der Waals surface area (Å²) in [5.74, 6) is 0. The van der Waals surface area contributed by atoms with Crippen LogP contribution in [-0.2, 0) is 6.54 Å². The molecule has 3 rings (SSSR count). The van der Waals surface area contributed by atoms with Gasteiger partial charge >= 0.3 is 0 Å². The van der Waals surface area contributed by atoms with Gasteiger partial charge < -0.3 is 9.88 Å². The molecule has 1 saturated heterocycles. The molecule has 0 spiro atoms. The second-order valence-corrected chi connectivity index (χ2v) is 6.34. The molecule has 1 aromatic carbocycles. The van der Waals surface area contributed by atoms with Crippen molar-refractivity contribution in [3.8, 4) is 0 Å². The van der Waals surface area contributed by atoms with E-state index in [2.05, 4.69) is 21.7 Å². The van der Waals surface area contributed by atoms with Crippen molar-refractivity contribution in [2.45, 2.75) is 20.4 Å². The molecule has 0 radical (unpaired) electrons. The average molecular weight is 320 g/mol. The molecule has 4 nitrogen and oxygen atoms in total. The summed E-state index contributed by atoms with van der Waals surface area (Å²) in [5.41, 5.74) is 2.63. The highest BCUT2D eigenvalue weighted by molar-refractivity contribution is 6.35. The van der Waals surface area contributed by atoms with Crippen LogP contribution in [0.5, 0.6) is 0 Å². The number of nitrogens with one attached hydrogen (secondary N) is 1. The standard InChI is InChI=1S/C17H22ClN3O/c1-3-20-7-9-21(10-8-20)11-14-12(2)19-16-13(17(14)22)5-4-6-15(16)18/h4-6H,3,7-11H2,1-2H3,(H,19,22). The Morgan fingerprint density at radius 1 is 1.18 bits per heavy atom. The molecule has 1 aromatic heterocycles. The number of aromatic amines is 1. The minimum Gasteiger partial charge on any atom is -0.357 e. The highest BCUT2D eigenvalue weighted by Crippen LogP contribution is 2.21. The van der Waals surface area contributed by atoms with Crippen LogP contribution in [0.3, 0.4) is 0 Å². The minimum absolute atomic E-state index is 0.103. The number of hydrogen-bond acceptors (Lipinski definition) is 3. The number of piperazine rings is 1. The Bertz CT molecular complexity index is 732. The Morgan fingerprint density at radius 3 is 2.55 bits per heavy atom. The van der Waals surface area contributed by atoms with E-state index in [0.717, 1.165) is 49.5 Å². The van der Waals surface area contributed by atoms with E-state index in [-0.39, 0.29) is 5.43 Å². The van der Waals surface area contributed by atoms with E-state index in [1.807, 2.05) is 25.1 Å². The SMILES string of the molecule is CCN1CCN(Cc2c(C)[nH]c3c(Cl)cccc3c2=O)CC1. The monoisotopic (exact) mass is 319 g/mol. The van der Waals surface area contributed by atoms with Crippen LogP contribution in [0, 0.1) is 6.92 Å². The lowest BCUT2D eigenvalue weighted by molar-refractivity contribution is 0.131. The quantitative estimate of drug-likeness (QED) is 0.945. The number of fused-ring (bicyclic) bond motifs is 1. The number of halogens is 1. The molecule has 0 bridgehead atoms. The van der Waals surface area contributed by atoms with E-state index in [4.69, 9.17) is 11.6 Å². The van der Waals surface area contributed by atoms with Gasteiger partial charge in [0.15, 0.2) is 5.43 Å². The minimum atomic E-state index is 0.103. The van der Waals surface area contributed by atoms with Gasteiger partial charge in [-0.3, -0.25) is 9.69 Å². The van der Waals surface area contributed by atoms with Gasteiger partial charge in [0.25, 0.3) is 0 Å². The van der Waals surface area contributed by atoms with Gasteiger partial charge in [-0.2, -0.15) is 0 Å². The van der Waals surface area contributed by atoms with E-state index in [0.29, 0.717) is 17.0 Å². The van der Waals surface area contributed by atoms with Crippen LogP contribution in [0.2, 0.25) is 5.02 Å². The van der Waals surface area contributed by atoms with E-state index in [1.165, 1.54) is 0 Å². The first-order chi connectivity index (χ1) is 10.6. The predicted octanol–water partition coefficient (Wildman–Crippen LogP) is 2.63. The third kappa shape index (κ3) is 2.91. The van der Waals surface area contributed by atoms with Gasteiger partial charge in [-0.15, -0.1) is 0 Å². The van der Waals surface area contributed by atoms with E-state index >= 15 is 0 Å². The van der Waals surface area contributed by atoms with Crippen molar-refractivity contribution in [3.63, 3.8) is 0 Å². The molecule has 118 valence electrons. The van der Waals surface area contributed by atoms with Gasteiger partial charge in [0.1, 0.15) is 0 Å². The summed E-state index contributed by atoms with van der Waals surface area (Å²) in [4.78, 5) is 20.9. The Labute approximate surface area is 135 Å². The third-order valence-electron chi connectivity index (χ3n) is 4.59. The summed E-state index contributed by atoms with van der Waals surface area (Å²) >= 11 is 6.19. The van der Waals surface area contributed by atoms with Gasteiger partial charge in [0.2, 0.25) is 0 Å². The van der Waals surface area contributed by atoms with Gasteiger partial charge in [-0.05, 0) is 25.6 Å². The highest BCUT2D eigenvalue weighted by Gasteiger charge is 2.19. The summed E-state index contributed by atoms with van der Waals surface area (Å²) in [6.07, 6.45) is 0. The smallest absolute Gasteiger partial charge is 0.194 e. The van der Waals surface area contributed by atoms with Crippen molar-refractivity contribution in [3.05, 3.63) is 44.7 Å². The van der Waals surface area contributed by atoms with Crippen LogP contribution in [0.15, 0.2) is 23.0 Å². The largest absolute Gasteiger partial charge is 0.357 e. The maximum Gasteiger partial charge on any atom is 0.194 e. The van der Waals surface area contributed by atoms with Crippen molar-refractivity contribution in [2.24, 2.45) is 0 Å². The first kappa shape index (κ1) is 15.5. The summed E-state index contributed by atoms with van der Waals surface area (Å²) in [5, 5.41) is 1.28. The molecule has 0 saturated carbocycles. The zero-order chi connectivity index (χ0) is 15.7. The van der Waals surface area contributed by atoms with Crippen molar-refractivity contribution < 1.29 is 0 Å². The Kier molecular flexibility index (Phi) is 4.52. The summed E-state index contributed by atoms with van der Waals surface area (Å²) in [6.45, 7) is 10.1. The summed E-state index contributed by atoms with van der Waals surface area (Å²) in [7, 11) is 0. The number of hydrogen-bond donors (Lipinski definition) is 1. The lowest BCUT2D eigenvalue weighted by Gasteiger charge is -2.34. The summed E-state index contributed by atoms with van der Waals surface area (Å²) < 4.78 is 0. The second kappa shape index (κ2) is 6.41. The molecule has 1 N–H and O–H groups in total. The Balaban J connectivity index is 1.90. The average Bonchev–Trinajstić information content (AvgIpc) is 2.53. The van der Waals surface area contributed by atoms with Crippen LogP contribution in [-0.4, -0.2) is 47.5 Å². The number of likely N-dealkylation sites (N-methyl/N-ethyl adjacent to an activating group) is 1. The molecule has 1 fully saturated rings. The number of nitrogens with zero attached hydrogens (tertiary/aromatic N) is 2. The molecule has 2 aromatic rings. The zero-order valence-electron chi connectivity index (χ0n) is 13.2. The first-order valence-electron chi connectivity index (χ1n) is 7.85. The molecule has 1 aliphatic heterocycles. The lowest BCUT2D eigenvalue weighted by Crippen LogP contribution is -2.46. The van der Waals surface area contributed by atoms with E-state index < -0.39 is 0 Å². The number of H-pyrrole nitrogens is 1. The lowest BCUT2D eigenvalue weighted by atomic mass is 10.1. The zero-order valence-corrected chi connectivity index (χ0v) is 13.9. The fraction of sp³-hybridized carbons (Fsp3) is 0.471. The first-order valence-corrected chi connectivity index (χ1v) is 8.22. The molecule has 22 heavy (non-hydrogen) atoms. The van der Waals surface area contributed by atoms with Crippen molar-refractivity contribution >= 4 is 22.5 Å². The molecular weight excluding hydrogens is 298 g/mol. The fourth-order valence-electron chi connectivity index (χ4n) is 3.11. The van der Waals surface area contributed by atoms with E-state index in [1.54, 1.807) is 0 Å². The van der Waals surface area contributed by atoms with Gasteiger partial charge in [-0.1, -0.05) is 24.6 Å². The third-order valence-corrected chi connectivity index (χ3v) is 4.91. The fourth-order valence-corrected chi connectivity index (χ4v) is 3.34. The number of rotatable bonds is 3. The van der Waals surface area contributed by atoms with Crippen LogP contribution >= 0.6 is 11.6 Å². The van der Waals surface area contributed by atoms with Gasteiger partial charge in [0, 0.05) is 49.4 Å². The van der Waals surface area contributed by atoms with Crippen LogP contribution < -0.4 is 5.43 Å². The molecule has 0 amide bonds. The number of aryl methyl sites for hydroxylation is 1. The molecular formula is C17H22ClN3O. The Morgan fingerprint density at radius 2 is 1.86 bits per heavy atom. The number of pyridine rings is 1. The molecule has 5 heteroatoms. The molecule has 0 atom stereocenters. The molecule has 0 aliphatic carbocycles. The predicted molar refractivity (Wildman–Crippen MR) is 91.7 cm³/mol. The summed E-state index contributed by atoms with van der Waals surface area (Å²) in [6, 6.07) is 5.49. The van der Waals surface area contributed by atoms with Crippen molar-refractivity contribution in [1.82, 2.24) is 14.8 Å². The Hall–Kier alpha value is -1.36. The van der Waals surface area contributed by atoms with Crippen molar-refractivity contribution in [1.29, 1.82) is 0 Å². The van der Waals surface area contributed by atoms with E-state index in [9.17, 15) is 4.79 Å². The second-order valence-electron chi connectivity index (χ2n) is 5.93. The molecule has 0 unspecified atom stereocenters. The van der Waals surface area contributed by atoms with Crippen LogP contribution in [0.25, 0.3) is 10.9 Å². The number of para-hydroxylation sites is 1. The number of aromatic nitrogens is 1. The molecule has 1 aliphatic rings. The molecule has 2 heterocycles. The van der Waals surface area contributed by atoms with Crippen molar-refractivity contribution in [2.75, 3.05) is 32.7 Å². The highest BCUT2D eigenvalue weighted by atomic mass is 35.5. The number of benzene rings is 1. The van der Waals surface area contributed by atoms with Crippen LogP contribution in [0.4, 0.5) is 0 Å². The normalized spacial score (nSPS) is 17.2. The van der Waals surface area contributed by atoms with Gasteiger partial charge in [-0.25, -0.2) is 0 Å². The maximum absolute atomic E-state index is 12.8.